The number of hydrogen-bond acceptors (Lipinski definition) is 3. The van der Waals surface area contributed by atoms with Crippen LogP contribution in [-0.4, -0.2) is 48.1 Å². The summed E-state index contributed by atoms with van der Waals surface area (Å²) in [6.07, 6.45) is 1.40. The lowest BCUT2D eigenvalue weighted by atomic mass is 10.0. The van der Waals surface area contributed by atoms with Gasteiger partial charge in [0.05, 0.1) is 12.6 Å². The molecule has 3 rings (SSSR count). The van der Waals surface area contributed by atoms with E-state index >= 15 is 0 Å². The molecule has 0 aromatic heterocycles. The number of likely N-dealkylation sites (tertiary alicyclic amines) is 1. The Morgan fingerprint density at radius 2 is 1.72 bits per heavy atom. The van der Waals surface area contributed by atoms with E-state index in [0.29, 0.717) is 12.8 Å². The summed E-state index contributed by atoms with van der Waals surface area (Å²) < 4.78 is 47.9. The maximum Gasteiger partial charge on any atom is 0.318 e. The lowest BCUT2D eigenvalue weighted by molar-refractivity contribution is 0.125. The molecule has 0 spiro atoms. The highest BCUT2D eigenvalue weighted by Crippen LogP contribution is 2.23. The lowest BCUT2D eigenvalue weighted by Gasteiger charge is -2.37. The Morgan fingerprint density at radius 1 is 1.09 bits per heavy atom. The molecule has 0 unspecified atom stereocenters. The van der Waals surface area contributed by atoms with Gasteiger partial charge in [0.15, 0.2) is 11.6 Å². The molecule has 0 radical (unpaired) electrons. The molecule has 0 bridgehead atoms. The standard InChI is InChI=1S/C24H30F3N3O2/c1-16(2)32-19-6-4-17(5-7-19)14-28-24(31)30(18-10-12-29(3)13-11-18)15-20-21(25)8-9-22(26)23(20)27/h4-9,16,18H,10-15H2,1-3H3,(H,28,31). The van der Waals surface area contributed by atoms with Crippen molar-refractivity contribution < 1.29 is 22.7 Å². The van der Waals surface area contributed by atoms with Crippen LogP contribution in [0.25, 0.3) is 0 Å². The van der Waals surface area contributed by atoms with Crippen molar-refractivity contribution in [3.63, 3.8) is 0 Å². The topological polar surface area (TPSA) is 44.8 Å². The molecule has 5 nitrogen and oxygen atoms in total. The normalized spacial score (nSPS) is 15.1. The molecule has 1 heterocycles. The molecule has 2 amide bonds. The van der Waals surface area contributed by atoms with Crippen molar-refractivity contribution in [1.29, 1.82) is 0 Å². The van der Waals surface area contributed by atoms with Crippen LogP contribution in [0.3, 0.4) is 0 Å². The van der Waals surface area contributed by atoms with E-state index in [1.54, 1.807) is 0 Å². The molecule has 32 heavy (non-hydrogen) atoms. The maximum absolute atomic E-state index is 14.3. The fourth-order valence-electron chi connectivity index (χ4n) is 3.79. The minimum absolute atomic E-state index is 0.0623. The first kappa shape index (κ1) is 23.9. The molecule has 174 valence electrons. The minimum Gasteiger partial charge on any atom is -0.491 e. The van der Waals surface area contributed by atoms with E-state index in [9.17, 15) is 18.0 Å². The van der Waals surface area contributed by atoms with Crippen molar-refractivity contribution in [3.05, 3.63) is 65.0 Å². The van der Waals surface area contributed by atoms with Crippen LogP contribution >= 0.6 is 0 Å². The number of urea groups is 1. The summed E-state index contributed by atoms with van der Waals surface area (Å²) in [5.41, 5.74) is 0.426. The smallest absolute Gasteiger partial charge is 0.318 e. The number of ether oxygens (including phenoxy) is 1. The molecule has 1 fully saturated rings. The fraction of sp³-hybridized carbons (Fsp3) is 0.458. The molecule has 0 saturated carbocycles. The van der Waals surface area contributed by atoms with Crippen LogP contribution in [0.15, 0.2) is 36.4 Å². The van der Waals surface area contributed by atoms with Gasteiger partial charge in [-0.2, -0.15) is 0 Å². The van der Waals surface area contributed by atoms with Gasteiger partial charge in [0.1, 0.15) is 11.6 Å². The van der Waals surface area contributed by atoms with Crippen molar-refractivity contribution in [2.24, 2.45) is 0 Å². The van der Waals surface area contributed by atoms with Crippen molar-refractivity contribution in [2.75, 3.05) is 20.1 Å². The summed E-state index contributed by atoms with van der Waals surface area (Å²) in [5, 5.41) is 2.84. The number of carbonyl (C=O) groups excluding carboxylic acids is 1. The Hall–Kier alpha value is -2.74. The molecule has 0 aliphatic carbocycles. The van der Waals surface area contributed by atoms with E-state index in [1.165, 1.54) is 4.90 Å². The average molecular weight is 450 g/mol. The van der Waals surface area contributed by atoms with Crippen LogP contribution in [0.4, 0.5) is 18.0 Å². The first-order valence-corrected chi connectivity index (χ1v) is 10.9. The summed E-state index contributed by atoms with van der Waals surface area (Å²) in [4.78, 5) is 16.6. The SMILES string of the molecule is CC(C)Oc1ccc(CNC(=O)N(Cc2c(F)ccc(F)c2F)C2CCN(C)CC2)cc1. The highest BCUT2D eigenvalue weighted by molar-refractivity contribution is 5.74. The van der Waals surface area contributed by atoms with Crippen molar-refractivity contribution in [3.8, 4) is 5.75 Å². The van der Waals surface area contributed by atoms with E-state index in [1.807, 2.05) is 45.2 Å². The highest BCUT2D eigenvalue weighted by Gasteiger charge is 2.29. The predicted octanol–water partition coefficient (Wildman–Crippen LogP) is 4.70. The van der Waals surface area contributed by atoms with Gasteiger partial charge in [-0.15, -0.1) is 0 Å². The van der Waals surface area contributed by atoms with E-state index in [0.717, 1.165) is 36.5 Å². The monoisotopic (exact) mass is 449 g/mol. The fourth-order valence-corrected chi connectivity index (χ4v) is 3.79. The number of nitrogens with one attached hydrogen (secondary N) is 1. The maximum atomic E-state index is 14.3. The molecule has 2 aromatic rings. The van der Waals surface area contributed by atoms with Crippen molar-refractivity contribution in [2.45, 2.75) is 51.9 Å². The van der Waals surface area contributed by atoms with Gasteiger partial charge in [0.25, 0.3) is 0 Å². The minimum atomic E-state index is -1.25. The van der Waals surface area contributed by atoms with Crippen LogP contribution in [0, 0.1) is 17.5 Å². The number of rotatable bonds is 7. The Kier molecular flexibility index (Phi) is 8.01. The second-order valence-electron chi connectivity index (χ2n) is 8.45. The van der Waals surface area contributed by atoms with E-state index in [2.05, 4.69) is 10.2 Å². The van der Waals surface area contributed by atoms with E-state index in [4.69, 9.17) is 4.74 Å². The highest BCUT2D eigenvalue weighted by atomic mass is 19.2. The first-order chi connectivity index (χ1) is 15.2. The van der Waals surface area contributed by atoms with Crippen LogP contribution in [0.5, 0.6) is 5.75 Å². The molecule has 1 N–H and O–H groups in total. The van der Waals surface area contributed by atoms with Crippen molar-refractivity contribution in [1.82, 2.24) is 15.1 Å². The Morgan fingerprint density at radius 3 is 2.34 bits per heavy atom. The van der Waals surface area contributed by atoms with Crippen LogP contribution in [0.2, 0.25) is 0 Å². The number of carbonyl (C=O) groups is 1. The quantitative estimate of drug-likeness (QED) is 0.624. The molecule has 8 heteroatoms. The second kappa shape index (κ2) is 10.7. The third kappa shape index (κ3) is 6.16. The molecule has 1 saturated heterocycles. The van der Waals surface area contributed by atoms with Gasteiger partial charge in [0.2, 0.25) is 0 Å². The van der Waals surface area contributed by atoms with E-state index in [-0.39, 0.29) is 25.2 Å². The molecule has 2 aromatic carbocycles. The third-order valence-electron chi connectivity index (χ3n) is 5.60. The molecule has 1 aliphatic rings. The van der Waals surface area contributed by atoms with Gasteiger partial charge < -0.3 is 19.9 Å². The summed E-state index contributed by atoms with van der Waals surface area (Å²) in [7, 11) is 1.99. The zero-order valence-electron chi connectivity index (χ0n) is 18.7. The average Bonchev–Trinajstić information content (AvgIpc) is 2.76. The van der Waals surface area contributed by atoms with Crippen molar-refractivity contribution >= 4 is 6.03 Å². The predicted molar refractivity (Wildman–Crippen MR) is 117 cm³/mol. The zero-order chi connectivity index (χ0) is 23.3. The summed E-state index contributed by atoms with van der Waals surface area (Å²) in [6, 6.07) is 8.36. The van der Waals surface area contributed by atoms with Gasteiger partial charge in [-0.3, -0.25) is 0 Å². The summed E-state index contributed by atoms with van der Waals surface area (Å²) in [6.45, 7) is 5.32. The molecule has 1 aliphatic heterocycles. The Bertz CT molecular complexity index is 913. The number of benzene rings is 2. The Labute approximate surface area is 187 Å². The number of hydrogen-bond donors (Lipinski definition) is 1. The van der Waals surface area contributed by atoms with E-state index < -0.39 is 29.0 Å². The Balaban J connectivity index is 1.73. The second-order valence-corrected chi connectivity index (χ2v) is 8.45. The molecule has 0 atom stereocenters. The number of amides is 2. The molecular weight excluding hydrogens is 419 g/mol. The largest absolute Gasteiger partial charge is 0.491 e. The van der Waals surface area contributed by atoms with Crippen LogP contribution in [0.1, 0.15) is 37.8 Å². The number of piperidine rings is 1. The molecular formula is C24H30F3N3O2. The van der Waals surface area contributed by atoms with Gasteiger partial charge in [-0.05, 0) is 76.7 Å². The van der Waals surface area contributed by atoms with Gasteiger partial charge in [-0.25, -0.2) is 18.0 Å². The lowest BCUT2D eigenvalue weighted by Crippen LogP contribution is -2.49. The van der Waals surface area contributed by atoms with Crippen LogP contribution < -0.4 is 10.1 Å². The van der Waals surface area contributed by atoms with Gasteiger partial charge in [0, 0.05) is 18.2 Å². The number of halogens is 3. The van der Waals surface area contributed by atoms with Crippen LogP contribution in [-0.2, 0) is 13.1 Å². The van der Waals surface area contributed by atoms with Gasteiger partial charge >= 0.3 is 6.03 Å². The third-order valence-corrected chi connectivity index (χ3v) is 5.60. The first-order valence-electron chi connectivity index (χ1n) is 10.9. The number of nitrogens with zero attached hydrogens (tertiary/aromatic N) is 2. The zero-order valence-corrected chi connectivity index (χ0v) is 18.7. The summed E-state index contributed by atoms with van der Waals surface area (Å²) in [5.74, 6) is -2.51. The van der Waals surface area contributed by atoms with Gasteiger partial charge in [-0.1, -0.05) is 12.1 Å². The summed E-state index contributed by atoms with van der Waals surface area (Å²) >= 11 is 0.